The Morgan fingerprint density at radius 2 is 1.81 bits per heavy atom. The zero-order valence-corrected chi connectivity index (χ0v) is 16.0. The van der Waals surface area contributed by atoms with Crippen LogP contribution in [-0.4, -0.2) is 38.9 Å². The number of piperidine rings is 1. The van der Waals surface area contributed by atoms with Crippen LogP contribution in [0.2, 0.25) is 0 Å². The van der Waals surface area contributed by atoms with Crippen LogP contribution in [0.5, 0.6) is 0 Å². The number of nitrogens with zero attached hydrogens (tertiary/aromatic N) is 4. The van der Waals surface area contributed by atoms with Crippen molar-refractivity contribution in [1.82, 2.24) is 25.2 Å². The summed E-state index contributed by atoms with van der Waals surface area (Å²) >= 11 is 3.33. The normalized spacial score (nSPS) is 15.2. The molecule has 0 unspecified atom stereocenters. The molecule has 4 rings (SSSR count). The minimum Gasteiger partial charge on any atom is -0.327 e. The van der Waals surface area contributed by atoms with Gasteiger partial charge in [-0.1, -0.05) is 17.3 Å². The van der Waals surface area contributed by atoms with E-state index in [4.69, 9.17) is 0 Å². The fraction of sp³-hybridized carbons (Fsp3) is 0.389. The molecular weight excluding hydrogens is 366 g/mol. The Morgan fingerprint density at radius 1 is 1.15 bits per heavy atom. The zero-order chi connectivity index (χ0) is 17.8. The van der Waals surface area contributed by atoms with Crippen LogP contribution in [0.4, 0.5) is 0 Å². The third-order valence-electron chi connectivity index (χ3n) is 4.55. The average molecular weight is 388 g/mol. The highest BCUT2D eigenvalue weighted by Crippen LogP contribution is 2.21. The summed E-state index contributed by atoms with van der Waals surface area (Å²) in [5, 5.41) is 15.8. The Kier molecular flexibility index (Phi) is 5.42. The molecule has 0 radical (unpaired) electrons. The number of amides is 1. The second-order valence-electron chi connectivity index (χ2n) is 6.38. The minimum absolute atomic E-state index is 0.0630. The lowest BCUT2D eigenvalue weighted by Gasteiger charge is -2.22. The van der Waals surface area contributed by atoms with Gasteiger partial charge in [0.05, 0.1) is 25.3 Å². The maximum atomic E-state index is 13.1. The van der Waals surface area contributed by atoms with Gasteiger partial charge in [0.25, 0.3) is 5.91 Å². The van der Waals surface area contributed by atoms with Gasteiger partial charge in [-0.2, -0.15) is 0 Å². The van der Waals surface area contributed by atoms with Crippen molar-refractivity contribution in [3.05, 3.63) is 56.7 Å². The molecule has 3 aromatic rings. The number of hydrogen-bond acceptors (Lipinski definition) is 6. The highest BCUT2D eigenvalue weighted by Gasteiger charge is 2.23. The summed E-state index contributed by atoms with van der Waals surface area (Å²) < 4.78 is 1.86. The van der Waals surface area contributed by atoms with Crippen LogP contribution >= 0.6 is 22.7 Å². The number of thiophene rings is 2. The number of carbonyl (C=O) groups excluding carboxylic acids is 1. The Balaban J connectivity index is 1.52. The van der Waals surface area contributed by atoms with Gasteiger partial charge >= 0.3 is 0 Å². The van der Waals surface area contributed by atoms with E-state index in [1.165, 1.54) is 9.75 Å². The molecule has 3 aromatic heterocycles. The second-order valence-corrected chi connectivity index (χ2v) is 8.45. The van der Waals surface area contributed by atoms with Gasteiger partial charge in [0, 0.05) is 9.75 Å². The van der Waals surface area contributed by atoms with Gasteiger partial charge in [0.1, 0.15) is 0 Å². The van der Waals surface area contributed by atoms with Crippen molar-refractivity contribution in [3.8, 4) is 0 Å². The molecular formula is C18H21N5OS2. The molecule has 0 saturated carbocycles. The van der Waals surface area contributed by atoms with Crippen LogP contribution in [-0.2, 0) is 13.1 Å². The smallest absolute Gasteiger partial charge is 0.276 e. The van der Waals surface area contributed by atoms with Crippen LogP contribution in [0.1, 0.15) is 39.1 Å². The van der Waals surface area contributed by atoms with Crippen LogP contribution in [0, 0.1) is 0 Å². The Hall–Kier alpha value is -2.03. The van der Waals surface area contributed by atoms with Crippen LogP contribution < -0.4 is 5.32 Å². The molecule has 1 saturated heterocycles. The van der Waals surface area contributed by atoms with Crippen molar-refractivity contribution >= 4 is 28.6 Å². The summed E-state index contributed by atoms with van der Waals surface area (Å²) in [5.41, 5.74) is 0.427. The molecule has 4 heterocycles. The fourth-order valence-electron chi connectivity index (χ4n) is 3.17. The third kappa shape index (κ3) is 4.03. The first-order valence-electron chi connectivity index (χ1n) is 8.76. The second kappa shape index (κ2) is 8.11. The van der Waals surface area contributed by atoms with E-state index >= 15 is 0 Å². The zero-order valence-electron chi connectivity index (χ0n) is 14.4. The Labute approximate surface area is 160 Å². The molecule has 1 N–H and O–H groups in total. The minimum atomic E-state index is -0.0630. The van der Waals surface area contributed by atoms with Gasteiger partial charge in [-0.05, 0) is 48.8 Å². The maximum absolute atomic E-state index is 13.1. The number of hydrogen-bond donors (Lipinski definition) is 1. The van der Waals surface area contributed by atoms with Crippen molar-refractivity contribution in [2.45, 2.75) is 32.0 Å². The quantitative estimate of drug-likeness (QED) is 0.706. The molecule has 0 atom stereocenters. The number of nitrogens with one attached hydrogen (secondary N) is 1. The van der Waals surface area contributed by atoms with Gasteiger partial charge in [-0.3, -0.25) is 4.79 Å². The van der Waals surface area contributed by atoms with Gasteiger partial charge in [-0.15, -0.1) is 27.8 Å². The highest BCUT2D eigenvalue weighted by molar-refractivity contribution is 7.10. The lowest BCUT2D eigenvalue weighted by molar-refractivity contribution is 0.0727. The van der Waals surface area contributed by atoms with Gasteiger partial charge in [-0.25, -0.2) is 4.68 Å². The Bertz CT molecular complexity index is 786. The molecule has 1 fully saturated rings. The van der Waals surface area contributed by atoms with E-state index in [-0.39, 0.29) is 5.91 Å². The van der Waals surface area contributed by atoms with E-state index in [1.54, 1.807) is 22.7 Å². The van der Waals surface area contributed by atoms with E-state index in [2.05, 4.69) is 27.8 Å². The molecule has 0 bridgehead atoms. The predicted octanol–water partition coefficient (Wildman–Crippen LogP) is 3.17. The topological polar surface area (TPSA) is 63.1 Å². The summed E-state index contributed by atoms with van der Waals surface area (Å²) in [4.78, 5) is 17.3. The summed E-state index contributed by atoms with van der Waals surface area (Å²) in [6.45, 7) is 3.15. The highest BCUT2D eigenvalue weighted by atomic mass is 32.1. The molecule has 8 heteroatoms. The molecule has 26 heavy (non-hydrogen) atoms. The average Bonchev–Trinajstić information content (AvgIpc) is 3.44. The number of rotatable bonds is 6. The predicted molar refractivity (Wildman–Crippen MR) is 103 cm³/mol. The summed E-state index contributed by atoms with van der Waals surface area (Å²) in [5.74, 6) is -0.0630. The SMILES string of the molecule is O=C(c1cn(C2CCNCC2)nn1)N(Cc1cccs1)Cc1cccs1. The first kappa shape index (κ1) is 17.4. The first-order valence-corrected chi connectivity index (χ1v) is 10.5. The third-order valence-corrected chi connectivity index (χ3v) is 6.28. The largest absolute Gasteiger partial charge is 0.327 e. The van der Waals surface area contributed by atoms with Crippen LogP contribution in [0.15, 0.2) is 41.2 Å². The van der Waals surface area contributed by atoms with Crippen LogP contribution in [0.25, 0.3) is 0 Å². The standard InChI is InChI=1S/C18H21N5OS2/c24-18(17-13-23(21-20-17)14-5-7-19-8-6-14)22(11-15-3-1-9-25-15)12-16-4-2-10-26-16/h1-4,9-10,13-14,19H,5-8,11-12H2. The molecule has 1 amide bonds. The van der Waals surface area contributed by atoms with Gasteiger partial charge in [0.15, 0.2) is 5.69 Å². The van der Waals surface area contributed by atoms with E-state index < -0.39 is 0 Å². The maximum Gasteiger partial charge on any atom is 0.276 e. The van der Waals surface area contributed by atoms with Crippen molar-refractivity contribution < 1.29 is 4.79 Å². The fourth-order valence-corrected chi connectivity index (χ4v) is 4.61. The monoisotopic (exact) mass is 387 g/mol. The molecule has 6 nitrogen and oxygen atoms in total. The number of carbonyl (C=O) groups is 1. The van der Waals surface area contributed by atoms with Crippen molar-refractivity contribution in [2.24, 2.45) is 0 Å². The lowest BCUT2D eigenvalue weighted by Crippen LogP contribution is -2.30. The summed E-state index contributed by atoms with van der Waals surface area (Å²) in [6, 6.07) is 8.48. The van der Waals surface area contributed by atoms with Crippen LogP contribution in [0.3, 0.4) is 0 Å². The number of aromatic nitrogens is 3. The first-order chi connectivity index (χ1) is 12.8. The van der Waals surface area contributed by atoms with E-state index in [0.717, 1.165) is 25.9 Å². The van der Waals surface area contributed by atoms with Crippen molar-refractivity contribution in [1.29, 1.82) is 0 Å². The molecule has 136 valence electrons. The molecule has 0 spiro atoms. The Morgan fingerprint density at radius 3 is 2.38 bits per heavy atom. The molecule has 1 aliphatic rings. The summed E-state index contributed by atoms with van der Waals surface area (Å²) in [6.07, 6.45) is 3.85. The van der Waals surface area contributed by atoms with E-state index in [1.807, 2.05) is 38.7 Å². The molecule has 0 aliphatic carbocycles. The summed E-state index contributed by atoms with van der Waals surface area (Å²) in [7, 11) is 0. The van der Waals surface area contributed by atoms with E-state index in [0.29, 0.717) is 24.8 Å². The molecule has 0 aromatic carbocycles. The van der Waals surface area contributed by atoms with Gasteiger partial charge in [0.2, 0.25) is 0 Å². The van der Waals surface area contributed by atoms with Crippen molar-refractivity contribution in [2.75, 3.05) is 13.1 Å². The van der Waals surface area contributed by atoms with E-state index in [9.17, 15) is 4.79 Å². The lowest BCUT2D eigenvalue weighted by atomic mass is 10.1. The van der Waals surface area contributed by atoms with Crippen molar-refractivity contribution in [3.63, 3.8) is 0 Å². The van der Waals surface area contributed by atoms with Gasteiger partial charge < -0.3 is 10.2 Å². The molecule has 1 aliphatic heterocycles.